The van der Waals surface area contributed by atoms with Crippen LogP contribution in [0.2, 0.25) is 0 Å². The molecular formula is C43H43N3O10. The number of ether oxygens (including phenoxy) is 3. The molecule has 1 fully saturated rings. The molecule has 13 heteroatoms. The number of rotatable bonds is 14. The molecule has 0 spiro atoms. The number of hydrogen-bond acceptors (Lipinski definition) is 10. The fraction of sp³-hybridized carbons (Fsp3) is 0.302. The van der Waals surface area contributed by atoms with Gasteiger partial charge in [0.1, 0.15) is 29.8 Å². The molecule has 3 N–H and O–H groups in total. The van der Waals surface area contributed by atoms with Crippen LogP contribution >= 0.6 is 0 Å². The lowest BCUT2D eigenvalue weighted by Gasteiger charge is -2.43. The van der Waals surface area contributed by atoms with Crippen LogP contribution in [0.25, 0.3) is 0 Å². The molecule has 2 amide bonds. The first kappa shape index (κ1) is 38.4. The highest BCUT2D eigenvalue weighted by atomic mass is 16.7. The highest BCUT2D eigenvalue weighted by molar-refractivity contribution is 6.21. The van der Waals surface area contributed by atoms with Crippen LogP contribution in [0.4, 0.5) is 0 Å². The summed E-state index contributed by atoms with van der Waals surface area (Å²) in [5, 5.41) is 25.9. The molecule has 0 saturated carbocycles. The highest BCUT2D eigenvalue weighted by Crippen LogP contribution is 2.48. The fourth-order valence-electron chi connectivity index (χ4n) is 7.89. The molecule has 5 aromatic rings. The fourth-order valence-corrected chi connectivity index (χ4v) is 7.89. The van der Waals surface area contributed by atoms with Crippen LogP contribution in [0.1, 0.15) is 75.4 Å². The van der Waals surface area contributed by atoms with Crippen molar-refractivity contribution in [1.29, 1.82) is 0 Å². The van der Waals surface area contributed by atoms with E-state index in [-0.39, 0.29) is 11.1 Å². The van der Waals surface area contributed by atoms with E-state index in [1.165, 1.54) is 6.07 Å². The standard InChI is InChI=1S/C43H43N3O10/c1-4-5-7-11-26-12-10-15-32-34(26)40(51)46(39(32)50)56-37-35(48)36(55-41(37)45-25-24-33(47)44-42(45)52)38(49)43(27-13-8-6-9-14-27,28-16-20-30(53-2)21-17-28)29-18-22-31(54-3)23-19-29/h6,8-10,12-25,35-38,41,48-49H,4-5,7,11H2,1-3H3,(H,44,47,52)/t35-,36+,37-,38?,41-/m1/s1. The predicted octanol–water partition coefficient (Wildman–Crippen LogP) is 4.54. The average molecular weight is 762 g/mol. The summed E-state index contributed by atoms with van der Waals surface area (Å²) >= 11 is 0. The van der Waals surface area contributed by atoms with Gasteiger partial charge in [0.15, 0.2) is 12.3 Å². The first-order chi connectivity index (χ1) is 27.1. The van der Waals surface area contributed by atoms with Crippen molar-refractivity contribution in [2.45, 2.75) is 68.7 Å². The number of carbonyl (C=O) groups excluding carboxylic acids is 2. The summed E-state index contributed by atoms with van der Waals surface area (Å²) in [6.45, 7) is 2.07. The lowest BCUT2D eigenvalue weighted by molar-refractivity contribution is -0.178. The molecule has 3 heterocycles. The lowest BCUT2D eigenvalue weighted by atomic mass is 9.64. The second-order valence-electron chi connectivity index (χ2n) is 13.8. The van der Waals surface area contributed by atoms with Crippen molar-refractivity contribution in [2.24, 2.45) is 0 Å². The van der Waals surface area contributed by atoms with Gasteiger partial charge in [-0.05, 0) is 65.4 Å². The van der Waals surface area contributed by atoms with Gasteiger partial charge in [0.2, 0.25) is 0 Å². The van der Waals surface area contributed by atoms with E-state index in [9.17, 15) is 29.4 Å². The molecule has 2 aliphatic heterocycles. The van der Waals surface area contributed by atoms with Crippen LogP contribution in [0.5, 0.6) is 11.5 Å². The van der Waals surface area contributed by atoms with E-state index in [0.717, 1.165) is 36.1 Å². The number of hydrogen-bond donors (Lipinski definition) is 3. The Balaban J connectivity index is 1.35. The molecular weight excluding hydrogens is 718 g/mol. The number of aromatic amines is 1. The Kier molecular flexibility index (Phi) is 11.0. The summed E-state index contributed by atoms with van der Waals surface area (Å²) in [6.07, 6.45) is -3.64. The third-order valence-electron chi connectivity index (χ3n) is 10.7. The molecule has 0 aliphatic carbocycles. The Hall–Kier alpha value is -5.86. The number of hydroxylamine groups is 2. The minimum Gasteiger partial charge on any atom is -0.497 e. The number of aromatic nitrogens is 2. The zero-order valence-corrected chi connectivity index (χ0v) is 31.2. The van der Waals surface area contributed by atoms with Gasteiger partial charge in [0, 0.05) is 12.3 Å². The maximum absolute atomic E-state index is 14.0. The van der Waals surface area contributed by atoms with Gasteiger partial charge in [-0.3, -0.25) is 28.8 Å². The van der Waals surface area contributed by atoms with Crippen molar-refractivity contribution in [1.82, 2.24) is 14.6 Å². The van der Waals surface area contributed by atoms with E-state index in [1.54, 1.807) is 74.9 Å². The van der Waals surface area contributed by atoms with Crippen LogP contribution in [0, 0.1) is 0 Å². The van der Waals surface area contributed by atoms with Crippen LogP contribution in [0.3, 0.4) is 0 Å². The number of H-pyrrole nitrogens is 1. The molecule has 5 atom stereocenters. The van der Waals surface area contributed by atoms with Crippen LogP contribution < -0.4 is 20.7 Å². The van der Waals surface area contributed by atoms with Crippen LogP contribution in [0.15, 0.2) is 119 Å². The van der Waals surface area contributed by atoms with E-state index < -0.39 is 59.1 Å². The zero-order chi connectivity index (χ0) is 39.6. The van der Waals surface area contributed by atoms with E-state index in [1.807, 2.05) is 30.3 Å². The summed E-state index contributed by atoms with van der Waals surface area (Å²) in [5.41, 5.74) is -0.201. The van der Waals surface area contributed by atoms with E-state index in [4.69, 9.17) is 19.0 Å². The van der Waals surface area contributed by atoms with Crippen molar-refractivity contribution in [3.05, 3.63) is 164 Å². The van der Waals surface area contributed by atoms with Gasteiger partial charge >= 0.3 is 5.69 Å². The van der Waals surface area contributed by atoms with Gasteiger partial charge in [-0.2, -0.15) is 0 Å². The molecule has 7 rings (SSSR count). The SMILES string of the molecule is CCCCCc1cccc2c1C(=O)N(O[C@@H]1[C@H](O)[C@@H](C(O)C(c3ccccc3)(c3ccc(OC)cc3)c3ccc(OC)cc3)O[C@H]1n1ccc(=O)[nH]c1=O)C2=O. The maximum Gasteiger partial charge on any atom is 0.330 e. The molecule has 1 saturated heterocycles. The Morgan fingerprint density at radius 1 is 0.786 bits per heavy atom. The quantitative estimate of drug-likeness (QED) is 0.0830. The third kappa shape index (κ3) is 6.72. The summed E-state index contributed by atoms with van der Waals surface area (Å²) in [7, 11) is 3.09. The predicted molar refractivity (Wildman–Crippen MR) is 205 cm³/mol. The number of imide groups is 1. The van der Waals surface area contributed by atoms with Gasteiger partial charge in [0.05, 0.1) is 30.8 Å². The maximum atomic E-state index is 14.0. The van der Waals surface area contributed by atoms with Crippen molar-refractivity contribution in [3.8, 4) is 11.5 Å². The van der Waals surface area contributed by atoms with Crippen molar-refractivity contribution in [3.63, 3.8) is 0 Å². The van der Waals surface area contributed by atoms with Crippen molar-refractivity contribution >= 4 is 11.8 Å². The smallest absolute Gasteiger partial charge is 0.330 e. The van der Waals surface area contributed by atoms with Crippen molar-refractivity contribution in [2.75, 3.05) is 14.2 Å². The topological polar surface area (TPSA) is 170 Å². The van der Waals surface area contributed by atoms with E-state index >= 15 is 0 Å². The number of carbonyl (C=O) groups is 2. The average Bonchev–Trinajstić information content (AvgIpc) is 3.67. The van der Waals surface area contributed by atoms with Gasteiger partial charge in [-0.1, -0.05) is 86.5 Å². The molecule has 13 nitrogen and oxygen atoms in total. The molecule has 56 heavy (non-hydrogen) atoms. The van der Waals surface area contributed by atoms with Gasteiger partial charge < -0.3 is 24.4 Å². The van der Waals surface area contributed by atoms with Gasteiger partial charge in [0.25, 0.3) is 17.4 Å². The number of aliphatic hydroxyl groups is 2. The Morgan fingerprint density at radius 3 is 2.00 bits per heavy atom. The Bertz CT molecular complexity index is 2260. The number of aryl methyl sites for hydroxylation is 1. The monoisotopic (exact) mass is 761 g/mol. The highest BCUT2D eigenvalue weighted by Gasteiger charge is 2.57. The molecule has 1 unspecified atom stereocenters. The zero-order valence-electron chi connectivity index (χ0n) is 31.2. The van der Waals surface area contributed by atoms with E-state index in [2.05, 4.69) is 11.9 Å². The Labute approximate surface area is 322 Å². The molecule has 0 bridgehead atoms. The number of nitrogens with one attached hydrogen (secondary N) is 1. The molecule has 4 aromatic carbocycles. The van der Waals surface area contributed by atoms with Crippen molar-refractivity contribution < 1.29 is 38.9 Å². The first-order valence-corrected chi connectivity index (χ1v) is 18.5. The minimum atomic E-state index is -1.76. The second-order valence-corrected chi connectivity index (χ2v) is 13.8. The summed E-state index contributed by atoms with van der Waals surface area (Å²) in [5.74, 6) is -0.341. The molecule has 1 aromatic heterocycles. The normalized spacial score (nSPS) is 19.9. The number of nitrogens with zero attached hydrogens (tertiary/aromatic N) is 2. The summed E-state index contributed by atoms with van der Waals surface area (Å²) < 4.78 is 18.4. The molecule has 2 aliphatic rings. The van der Waals surface area contributed by atoms with Gasteiger partial charge in [-0.15, -0.1) is 5.06 Å². The number of amides is 2. The number of benzene rings is 4. The minimum absolute atomic E-state index is 0.147. The van der Waals surface area contributed by atoms with Crippen LogP contribution in [-0.4, -0.2) is 75.3 Å². The number of unbranched alkanes of at least 4 members (excludes halogenated alkanes) is 2. The third-order valence-corrected chi connectivity index (χ3v) is 10.7. The summed E-state index contributed by atoms with van der Waals surface area (Å²) in [6, 6.07) is 29.5. The molecule has 290 valence electrons. The van der Waals surface area contributed by atoms with Crippen LogP contribution in [-0.2, 0) is 21.4 Å². The number of fused-ring (bicyclic) bond motifs is 1. The van der Waals surface area contributed by atoms with Gasteiger partial charge in [-0.25, -0.2) is 4.79 Å². The lowest BCUT2D eigenvalue weighted by Crippen LogP contribution is -2.53. The second kappa shape index (κ2) is 16.1. The van der Waals surface area contributed by atoms with E-state index in [0.29, 0.717) is 45.2 Å². The number of aliphatic hydroxyl groups excluding tert-OH is 2. The Morgan fingerprint density at radius 2 is 1.41 bits per heavy atom. The first-order valence-electron chi connectivity index (χ1n) is 18.5. The molecule has 0 radical (unpaired) electrons. The largest absolute Gasteiger partial charge is 0.497 e. The number of methoxy groups -OCH3 is 2. The summed E-state index contributed by atoms with van der Waals surface area (Å²) in [4.78, 5) is 61.7.